The lowest BCUT2D eigenvalue weighted by Crippen LogP contribution is -2.25. The third-order valence-electron chi connectivity index (χ3n) is 4.65. The van der Waals surface area contributed by atoms with Gasteiger partial charge in [-0.15, -0.1) is 0 Å². The van der Waals surface area contributed by atoms with Gasteiger partial charge in [0.25, 0.3) is 5.91 Å². The van der Waals surface area contributed by atoms with Gasteiger partial charge in [0.1, 0.15) is 6.61 Å². The Hall–Kier alpha value is -2.56. The monoisotopic (exact) mass is 449 g/mol. The Morgan fingerprint density at radius 1 is 1.16 bits per heavy atom. The smallest absolute Gasteiger partial charge is 0.367 e. The van der Waals surface area contributed by atoms with Crippen LogP contribution in [0.1, 0.15) is 52.5 Å². The molecule has 31 heavy (non-hydrogen) atoms. The highest BCUT2D eigenvalue weighted by molar-refractivity contribution is 5.94. The van der Waals surface area contributed by atoms with Crippen molar-refractivity contribution in [1.82, 2.24) is 15.1 Å². The predicted molar refractivity (Wildman–Crippen MR) is 98.3 cm³/mol. The van der Waals surface area contributed by atoms with Crippen LogP contribution in [-0.2, 0) is 24.1 Å². The average molecular weight is 449 g/mol. The number of hydrogen-bond donors (Lipinski definition) is 1. The molecule has 1 N–H and O–H groups in total. The van der Waals surface area contributed by atoms with E-state index in [0.29, 0.717) is 17.7 Å². The van der Waals surface area contributed by atoms with E-state index in [1.54, 1.807) is 6.07 Å². The number of ether oxygens (including phenoxy) is 1. The fraction of sp³-hybridized carbons (Fsp3) is 0.500. The van der Waals surface area contributed by atoms with Crippen molar-refractivity contribution in [2.75, 3.05) is 13.2 Å². The summed E-state index contributed by atoms with van der Waals surface area (Å²) >= 11 is 0. The maximum Gasteiger partial charge on any atom is 0.435 e. The van der Waals surface area contributed by atoms with E-state index >= 15 is 0 Å². The van der Waals surface area contributed by atoms with Gasteiger partial charge in [-0.25, -0.2) is 0 Å². The zero-order valence-corrected chi connectivity index (χ0v) is 16.4. The summed E-state index contributed by atoms with van der Waals surface area (Å²) in [5.41, 5.74) is 0.320. The maximum atomic E-state index is 12.9. The van der Waals surface area contributed by atoms with E-state index in [-0.39, 0.29) is 31.2 Å². The first-order valence-electron chi connectivity index (χ1n) is 9.69. The van der Waals surface area contributed by atoms with Gasteiger partial charge in [0.05, 0.1) is 6.61 Å². The molecule has 0 bridgehead atoms. The van der Waals surface area contributed by atoms with Gasteiger partial charge in [-0.05, 0) is 43.0 Å². The number of aromatic nitrogens is 2. The first kappa shape index (κ1) is 23.1. The van der Waals surface area contributed by atoms with Crippen molar-refractivity contribution in [2.45, 2.75) is 50.7 Å². The molecular formula is C20H21F6N3O2. The fourth-order valence-corrected chi connectivity index (χ4v) is 3.08. The molecule has 1 amide bonds. The Balaban J connectivity index is 1.49. The summed E-state index contributed by atoms with van der Waals surface area (Å²) in [7, 11) is 0. The van der Waals surface area contributed by atoms with Gasteiger partial charge in [0.15, 0.2) is 5.69 Å². The van der Waals surface area contributed by atoms with Crippen LogP contribution < -0.4 is 5.32 Å². The largest absolute Gasteiger partial charge is 0.435 e. The summed E-state index contributed by atoms with van der Waals surface area (Å²) < 4.78 is 81.1. The molecule has 0 atom stereocenters. The highest BCUT2D eigenvalue weighted by atomic mass is 19.4. The number of carbonyl (C=O) groups is 1. The van der Waals surface area contributed by atoms with E-state index in [2.05, 4.69) is 15.2 Å². The summed E-state index contributed by atoms with van der Waals surface area (Å²) in [5.74, 6) is -0.336. The molecule has 0 saturated heterocycles. The molecule has 1 aliphatic rings. The number of amides is 1. The molecule has 3 rings (SSSR count). The topological polar surface area (TPSA) is 56.2 Å². The van der Waals surface area contributed by atoms with Crippen molar-refractivity contribution in [1.29, 1.82) is 0 Å². The minimum Gasteiger partial charge on any atom is -0.367 e. The Kier molecular flexibility index (Phi) is 6.93. The molecular weight excluding hydrogens is 428 g/mol. The number of carbonyl (C=O) groups excluding carboxylic acids is 1. The van der Waals surface area contributed by atoms with Crippen LogP contribution in [0.2, 0.25) is 0 Å². The maximum absolute atomic E-state index is 12.9. The van der Waals surface area contributed by atoms with E-state index < -0.39 is 30.6 Å². The van der Waals surface area contributed by atoms with E-state index in [1.807, 2.05) is 0 Å². The van der Waals surface area contributed by atoms with Crippen LogP contribution in [0.5, 0.6) is 0 Å². The van der Waals surface area contributed by atoms with Gasteiger partial charge >= 0.3 is 12.4 Å². The molecule has 1 aliphatic carbocycles. The van der Waals surface area contributed by atoms with E-state index in [4.69, 9.17) is 0 Å². The molecule has 11 heteroatoms. The van der Waals surface area contributed by atoms with Crippen LogP contribution >= 0.6 is 0 Å². The molecule has 1 aromatic heterocycles. The van der Waals surface area contributed by atoms with Crippen LogP contribution in [0.3, 0.4) is 0 Å². The summed E-state index contributed by atoms with van der Waals surface area (Å²) in [6.45, 7) is -1.23. The van der Waals surface area contributed by atoms with Gasteiger partial charge in [-0.1, -0.05) is 12.1 Å². The lowest BCUT2D eigenvalue weighted by molar-refractivity contribution is -0.176. The molecule has 0 aliphatic heterocycles. The number of benzene rings is 1. The Morgan fingerprint density at radius 2 is 1.90 bits per heavy atom. The van der Waals surface area contributed by atoms with Crippen LogP contribution in [0.4, 0.5) is 26.3 Å². The molecule has 5 nitrogen and oxygen atoms in total. The van der Waals surface area contributed by atoms with Crippen molar-refractivity contribution in [2.24, 2.45) is 0 Å². The van der Waals surface area contributed by atoms with Gasteiger partial charge in [0.2, 0.25) is 0 Å². The molecule has 1 fully saturated rings. The first-order chi connectivity index (χ1) is 14.5. The lowest BCUT2D eigenvalue weighted by atomic mass is 10.1. The molecule has 1 saturated carbocycles. The minimum absolute atomic E-state index is 0.0977. The zero-order valence-electron chi connectivity index (χ0n) is 16.4. The Morgan fingerprint density at radius 3 is 2.55 bits per heavy atom. The highest BCUT2D eigenvalue weighted by Crippen LogP contribution is 2.42. The standard InChI is InChI=1S/C20H21F6N3O2/c21-19(22,23)12-31-11-13-3-1-4-15(9-13)18(30)27-7-2-8-29-16(14-5-6-14)10-17(28-29)20(24,25)26/h1,3-4,9-10,14H,2,5-8,11-12H2,(H,27,30). The summed E-state index contributed by atoms with van der Waals surface area (Å²) in [4.78, 5) is 12.3. The first-order valence-corrected chi connectivity index (χ1v) is 9.69. The molecule has 0 spiro atoms. The predicted octanol–water partition coefficient (Wildman–Crippen LogP) is 4.68. The number of rotatable bonds is 9. The van der Waals surface area contributed by atoms with Crippen LogP contribution in [0.15, 0.2) is 30.3 Å². The summed E-state index contributed by atoms with van der Waals surface area (Å²) in [5, 5.41) is 6.31. The number of nitrogens with one attached hydrogen (secondary N) is 1. The highest BCUT2D eigenvalue weighted by Gasteiger charge is 2.37. The number of nitrogens with zero attached hydrogens (tertiary/aromatic N) is 2. The van der Waals surface area contributed by atoms with Gasteiger partial charge in [-0.2, -0.15) is 31.4 Å². The van der Waals surface area contributed by atoms with Gasteiger partial charge < -0.3 is 10.1 Å². The molecule has 1 heterocycles. The summed E-state index contributed by atoms with van der Waals surface area (Å²) in [6, 6.07) is 7.10. The van der Waals surface area contributed by atoms with E-state index in [0.717, 1.165) is 18.9 Å². The third-order valence-corrected chi connectivity index (χ3v) is 4.65. The van der Waals surface area contributed by atoms with Crippen LogP contribution in [0, 0.1) is 0 Å². The minimum atomic E-state index is -4.50. The Labute approximate surface area is 174 Å². The molecule has 0 unspecified atom stereocenters. The van der Waals surface area contributed by atoms with E-state index in [9.17, 15) is 31.1 Å². The number of halogens is 6. The molecule has 0 radical (unpaired) electrons. The van der Waals surface area contributed by atoms with Crippen molar-refractivity contribution in [3.8, 4) is 0 Å². The zero-order chi connectivity index (χ0) is 22.6. The third kappa shape index (κ3) is 6.98. The van der Waals surface area contributed by atoms with E-state index in [1.165, 1.54) is 22.9 Å². The molecule has 1 aromatic carbocycles. The van der Waals surface area contributed by atoms with Crippen LogP contribution in [-0.4, -0.2) is 35.0 Å². The molecule has 2 aromatic rings. The van der Waals surface area contributed by atoms with Crippen molar-refractivity contribution < 1.29 is 35.9 Å². The van der Waals surface area contributed by atoms with Gasteiger partial charge in [-0.3, -0.25) is 9.48 Å². The van der Waals surface area contributed by atoms with Crippen LogP contribution in [0.25, 0.3) is 0 Å². The Bertz CT molecular complexity index is 903. The van der Waals surface area contributed by atoms with Crippen molar-refractivity contribution in [3.05, 3.63) is 52.8 Å². The number of hydrogen-bond acceptors (Lipinski definition) is 3. The fourth-order valence-electron chi connectivity index (χ4n) is 3.08. The van der Waals surface area contributed by atoms with Crippen molar-refractivity contribution >= 4 is 5.91 Å². The van der Waals surface area contributed by atoms with Crippen molar-refractivity contribution in [3.63, 3.8) is 0 Å². The SMILES string of the molecule is O=C(NCCCn1nc(C(F)(F)F)cc1C1CC1)c1cccc(COCC(F)(F)F)c1. The summed E-state index contributed by atoms with van der Waals surface area (Å²) in [6.07, 6.45) is -6.88. The number of aryl methyl sites for hydroxylation is 1. The number of alkyl halides is 6. The quantitative estimate of drug-likeness (QED) is 0.447. The lowest BCUT2D eigenvalue weighted by Gasteiger charge is -2.10. The molecule has 170 valence electrons. The van der Waals surface area contributed by atoms with Gasteiger partial charge in [0, 0.05) is 30.3 Å². The normalized spacial score (nSPS) is 14.6. The second kappa shape index (κ2) is 9.29. The second-order valence-corrected chi connectivity index (χ2v) is 7.37. The second-order valence-electron chi connectivity index (χ2n) is 7.37. The average Bonchev–Trinajstić information content (AvgIpc) is 3.42.